The quantitative estimate of drug-likeness (QED) is 0.333. The van der Waals surface area contributed by atoms with Gasteiger partial charge in [0, 0.05) is 24.9 Å². The summed E-state index contributed by atoms with van der Waals surface area (Å²) in [7, 11) is 5.03. The fraction of sp³-hybridized carbons (Fsp3) is 0.231. The topological polar surface area (TPSA) is 60.5 Å². The number of Topliss-reactive ketones (excluding diaryl/α,β-unsaturated/α-hetero) is 1. The Morgan fingerprint density at radius 2 is 1.73 bits per heavy atom. The zero-order valence-corrected chi connectivity index (χ0v) is 20.4. The van der Waals surface area contributed by atoms with Crippen LogP contribution >= 0.6 is 11.3 Å². The Labute approximate surface area is 197 Å². The van der Waals surface area contributed by atoms with Crippen LogP contribution in [-0.4, -0.2) is 32.0 Å². The maximum absolute atomic E-state index is 12.6. The van der Waals surface area contributed by atoms with Gasteiger partial charge in [0.1, 0.15) is 10.6 Å². The van der Waals surface area contributed by atoms with Crippen LogP contribution in [0.4, 0.5) is 10.1 Å². The highest BCUT2D eigenvalue weighted by Gasteiger charge is 2.16. The lowest BCUT2D eigenvalue weighted by Crippen LogP contribution is -1.95. The molecule has 0 aliphatic heterocycles. The Bertz CT molecular complexity index is 1300. The summed E-state index contributed by atoms with van der Waals surface area (Å²) in [6.45, 7) is 5.21. The summed E-state index contributed by atoms with van der Waals surface area (Å²) in [4.78, 5) is 18.1. The van der Waals surface area contributed by atoms with Gasteiger partial charge in [-0.1, -0.05) is 12.1 Å². The van der Waals surface area contributed by atoms with Crippen LogP contribution in [0.5, 0.6) is 11.5 Å². The number of ketones is 1. The van der Waals surface area contributed by atoms with Gasteiger partial charge in [-0.15, -0.1) is 11.3 Å². The van der Waals surface area contributed by atoms with Crippen molar-refractivity contribution in [3.8, 4) is 22.8 Å². The van der Waals surface area contributed by atoms with Gasteiger partial charge in [-0.2, -0.15) is 0 Å². The van der Waals surface area contributed by atoms with Crippen molar-refractivity contribution in [3.63, 3.8) is 0 Å². The molecule has 0 bridgehead atoms. The molecule has 7 heteroatoms. The Hall–Kier alpha value is -3.45. The first-order valence-corrected chi connectivity index (χ1v) is 11.2. The van der Waals surface area contributed by atoms with Gasteiger partial charge in [-0.25, -0.2) is 9.37 Å². The first-order valence-electron chi connectivity index (χ1n) is 10.4. The van der Waals surface area contributed by atoms with Crippen molar-refractivity contribution in [3.05, 3.63) is 70.4 Å². The van der Waals surface area contributed by atoms with E-state index in [1.807, 2.05) is 50.4 Å². The molecule has 2 aromatic heterocycles. The smallest absolute Gasteiger partial charge is 0.171 e. The van der Waals surface area contributed by atoms with Crippen LogP contribution in [0, 0.1) is 19.7 Å². The minimum Gasteiger partial charge on any atom is -0.493 e. The molecule has 172 valence electrons. The van der Waals surface area contributed by atoms with E-state index in [0.717, 1.165) is 32.7 Å². The first kappa shape index (κ1) is 24.2. The van der Waals surface area contributed by atoms with E-state index in [9.17, 15) is 9.18 Å². The predicted octanol–water partition coefficient (Wildman–Crippen LogP) is 6.67. The van der Waals surface area contributed by atoms with Crippen molar-refractivity contribution in [1.82, 2.24) is 4.98 Å². The summed E-state index contributed by atoms with van der Waals surface area (Å²) in [6.07, 6.45) is 0. The average Bonchev–Trinajstić information content (AvgIpc) is 3.20. The number of methoxy groups -OCH3 is 2. The molecule has 33 heavy (non-hydrogen) atoms. The minimum atomic E-state index is -0.116. The molecule has 0 unspecified atom stereocenters. The summed E-state index contributed by atoms with van der Waals surface area (Å²) in [5, 5.41) is 4.06. The number of nitrogens with zero attached hydrogens (tertiary/aromatic N) is 1. The number of halogens is 1. The highest BCUT2D eigenvalue weighted by molar-refractivity contribution is 7.21. The van der Waals surface area contributed by atoms with Crippen LogP contribution in [0.3, 0.4) is 0 Å². The highest BCUT2D eigenvalue weighted by atomic mass is 32.1. The molecule has 4 rings (SSSR count). The Morgan fingerprint density at radius 3 is 2.30 bits per heavy atom. The summed E-state index contributed by atoms with van der Waals surface area (Å²) < 4.78 is 23.2. The zero-order chi connectivity index (χ0) is 24.1. The second-order valence-electron chi connectivity index (χ2n) is 7.48. The normalized spacial score (nSPS) is 10.4. The number of ether oxygens (including phenoxy) is 2. The molecule has 0 saturated heterocycles. The average molecular weight is 467 g/mol. The van der Waals surface area contributed by atoms with Crippen molar-refractivity contribution in [2.24, 2.45) is 0 Å². The van der Waals surface area contributed by atoms with Crippen LogP contribution in [0.25, 0.3) is 21.5 Å². The monoisotopic (exact) mass is 466 g/mol. The van der Waals surface area contributed by atoms with Crippen molar-refractivity contribution in [1.29, 1.82) is 0 Å². The molecule has 2 aromatic carbocycles. The number of hydrogen-bond donors (Lipinski definition) is 1. The number of anilines is 1. The van der Waals surface area contributed by atoms with Gasteiger partial charge in [0.05, 0.1) is 30.5 Å². The van der Waals surface area contributed by atoms with Gasteiger partial charge in [0.25, 0.3) is 0 Å². The molecule has 0 fully saturated rings. The molecule has 0 atom stereocenters. The lowest BCUT2D eigenvalue weighted by Gasteiger charge is -2.09. The molecule has 0 aliphatic rings. The molecular formula is C26H27FN2O3S. The number of hydrogen-bond acceptors (Lipinski definition) is 6. The Balaban J connectivity index is 0.000000286. The third-order valence-corrected chi connectivity index (χ3v) is 6.33. The molecule has 4 aromatic rings. The van der Waals surface area contributed by atoms with E-state index in [-0.39, 0.29) is 11.6 Å². The van der Waals surface area contributed by atoms with Gasteiger partial charge in [-0.05, 0) is 61.4 Å². The molecule has 2 heterocycles. The van der Waals surface area contributed by atoms with Crippen LogP contribution < -0.4 is 14.8 Å². The van der Waals surface area contributed by atoms with Gasteiger partial charge in [0.15, 0.2) is 17.3 Å². The van der Waals surface area contributed by atoms with Gasteiger partial charge < -0.3 is 14.8 Å². The number of aromatic nitrogens is 1. The second-order valence-corrected chi connectivity index (χ2v) is 8.48. The number of carbonyl (C=O) groups is 1. The fourth-order valence-corrected chi connectivity index (χ4v) is 4.40. The predicted molar refractivity (Wildman–Crippen MR) is 134 cm³/mol. The molecular weight excluding hydrogens is 439 g/mol. The van der Waals surface area contributed by atoms with Crippen LogP contribution in [0.2, 0.25) is 0 Å². The third-order valence-electron chi connectivity index (χ3n) is 5.13. The van der Waals surface area contributed by atoms with Crippen LogP contribution in [0.15, 0.2) is 48.5 Å². The molecule has 0 aliphatic carbocycles. The zero-order valence-electron chi connectivity index (χ0n) is 19.6. The van der Waals surface area contributed by atoms with E-state index in [2.05, 4.69) is 5.32 Å². The maximum atomic E-state index is 12.6. The summed E-state index contributed by atoms with van der Waals surface area (Å²) in [5.41, 5.74) is 4.27. The van der Waals surface area contributed by atoms with E-state index >= 15 is 0 Å². The summed E-state index contributed by atoms with van der Waals surface area (Å²) >= 11 is 1.40. The Kier molecular flexibility index (Phi) is 7.66. The highest BCUT2D eigenvalue weighted by Crippen LogP contribution is 2.37. The fourth-order valence-electron chi connectivity index (χ4n) is 3.33. The molecule has 1 N–H and O–H groups in total. The number of pyridine rings is 1. The largest absolute Gasteiger partial charge is 0.493 e. The van der Waals surface area contributed by atoms with Gasteiger partial charge in [0.2, 0.25) is 0 Å². The van der Waals surface area contributed by atoms with Gasteiger partial charge in [-0.3, -0.25) is 4.79 Å². The number of rotatable bonds is 5. The van der Waals surface area contributed by atoms with Crippen molar-refractivity contribution in [2.45, 2.75) is 20.8 Å². The number of nitrogens with one attached hydrogen (secondary N) is 1. The van der Waals surface area contributed by atoms with Crippen LogP contribution in [-0.2, 0) is 0 Å². The van der Waals surface area contributed by atoms with Crippen molar-refractivity contribution < 1.29 is 18.7 Å². The number of thiophene rings is 1. The van der Waals surface area contributed by atoms with E-state index in [4.69, 9.17) is 14.5 Å². The number of fused-ring (bicyclic) bond motifs is 1. The lowest BCUT2D eigenvalue weighted by atomic mass is 10.1. The number of aryl methyl sites for hydroxylation is 2. The molecule has 0 radical (unpaired) electrons. The number of benzene rings is 2. The van der Waals surface area contributed by atoms with E-state index in [0.29, 0.717) is 21.9 Å². The molecule has 5 nitrogen and oxygen atoms in total. The molecule has 0 spiro atoms. The lowest BCUT2D eigenvalue weighted by molar-refractivity contribution is 0.102. The SMILES string of the molecule is CNc1c(C(C)=O)sc2nc(-c3ccc(OC)c(OC)c3)ccc12.Cc1ccc(C)c(F)c1. The summed E-state index contributed by atoms with van der Waals surface area (Å²) in [6, 6.07) is 14.8. The van der Waals surface area contributed by atoms with E-state index < -0.39 is 0 Å². The van der Waals surface area contributed by atoms with Crippen LogP contribution in [0.1, 0.15) is 27.7 Å². The van der Waals surface area contributed by atoms with Gasteiger partial charge >= 0.3 is 0 Å². The first-order chi connectivity index (χ1) is 15.8. The third kappa shape index (κ3) is 5.31. The van der Waals surface area contributed by atoms with E-state index in [1.54, 1.807) is 34.1 Å². The number of carbonyl (C=O) groups excluding carboxylic acids is 1. The second kappa shape index (κ2) is 10.4. The molecule has 0 amide bonds. The maximum Gasteiger partial charge on any atom is 0.171 e. The standard InChI is InChI=1S/C18H18N2O3S.C8H9F/c1-10(21)17-16(19-2)12-6-7-13(20-18(12)24-17)11-5-8-14(22-3)15(9-11)23-4;1-6-3-4-7(2)8(9)5-6/h5-9,19H,1-4H3;3-5H,1-2H3. The van der Waals surface area contributed by atoms with Crippen molar-refractivity contribution in [2.75, 3.05) is 26.6 Å². The Morgan fingerprint density at radius 1 is 1.00 bits per heavy atom. The minimum absolute atomic E-state index is 0.0371. The van der Waals surface area contributed by atoms with E-state index in [1.165, 1.54) is 17.4 Å². The molecule has 0 saturated carbocycles. The summed E-state index contributed by atoms with van der Waals surface area (Å²) in [5.74, 6) is 1.25. The van der Waals surface area contributed by atoms with Crippen molar-refractivity contribution >= 4 is 33.0 Å².